The second kappa shape index (κ2) is 6.20. The molecule has 4 N–H and O–H groups in total. The van der Waals surface area contributed by atoms with E-state index in [1.165, 1.54) is 24.1 Å². The Labute approximate surface area is 164 Å². The minimum atomic E-state index is -1.43. The topological polar surface area (TPSA) is 111 Å². The number of amides is 2. The third-order valence-corrected chi connectivity index (χ3v) is 5.21. The molecule has 4 rings (SSSR count). The number of ether oxygens (including phenoxy) is 1. The van der Waals surface area contributed by atoms with E-state index in [0.29, 0.717) is 22.4 Å². The second-order valence-corrected chi connectivity index (χ2v) is 7.21. The number of likely N-dealkylation sites (N-methyl/N-ethyl adjacent to an activating group) is 1. The summed E-state index contributed by atoms with van der Waals surface area (Å²) in [6.45, 7) is 0. The average Bonchev–Trinajstić information content (AvgIpc) is 2.85. The number of nitrogens with zero attached hydrogens (tertiary/aromatic N) is 2. The van der Waals surface area contributed by atoms with E-state index in [1.54, 1.807) is 24.3 Å². The van der Waals surface area contributed by atoms with Crippen LogP contribution in [0.3, 0.4) is 0 Å². The van der Waals surface area contributed by atoms with Crippen molar-refractivity contribution in [1.82, 2.24) is 4.90 Å². The molecule has 2 amide bonds. The fourth-order valence-electron chi connectivity index (χ4n) is 3.60. The Morgan fingerprint density at radius 1 is 1.32 bits per heavy atom. The Morgan fingerprint density at radius 2 is 2.07 bits per heavy atom. The van der Waals surface area contributed by atoms with E-state index in [1.807, 2.05) is 0 Å². The van der Waals surface area contributed by atoms with Crippen molar-refractivity contribution in [2.75, 3.05) is 7.05 Å². The van der Waals surface area contributed by atoms with Crippen LogP contribution in [-0.2, 0) is 15.1 Å². The number of hydrogen-bond donors (Lipinski definition) is 2. The molecule has 2 aromatic rings. The number of benzene rings is 2. The number of nitrogens with two attached hydrogens (primary N) is 2. The highest BCUT2D eigenvalue weighted by molar-refractivity contribution is 6.30. The molecule has 1 spiro atoms. The standard InChI is InChI=1S/C19H16ClFN4O3/c1-25-17(27)19(24-18(25)23)8-15(16(22)26)28-14-3-2-9(6-13(14)19)10-4-11(20)7-12(21)5-10/h2-7,15H,8H2,1H3,(H2,22,26)(H2,23,24). The summed E-state index contributed by atoms with van der Waals surface area (Å²) in [4.78, 5) is 30.4. The molecule has 2 atom stereocenters. The number of carbonyl (C=O) groups is 2. The first kappa shape index (κ1) is 18.2. The quantitative estimate of drug-likeness (QED) is 0.797. The summed E-state index contributed by atoms with van der Waals surface area (Å²) in [6.07, 6.45) is -1.11. The van der Waals surface area contributed by atoms with E-state index in [-0.39, 0.29) is 17.4 Å². The SMILES string of the molecule is CN1C(=O)C2(CC(C(N)=O)Oc3ccc(-c4cc(F)cc(Cl)c4)cc32)N=C1N. The van der Waals surface area contributed by atoms with Gasteiger partial charge in [0.05, 0.1) is 0 Å². The van der Waals surface area contributed by atoms with Crippen molar-refractivity contribution in [3.63, 3.8) is 0 Å². The lowest BCUT2D eigenvalue weighted by Crippen LogP contribution is -2.49. The van der Waals surface area contributed by atoms with Crippen LogP contribution in [0.5, 0.6) is 5.75 Å². The highest BCUT2D eigenvalue weighted by atomic mass is 35.5. The molecule has 0 fully saturated rings. The van der Waals surface area contributed by atoms with Crippen LogP contribution in [-0.4, -0.2) is 35.8 Å². The van der Waals surface area contributed by atoms with Gasteiger partial charge in [0.2, 0.25) is 0 Å². The second-order valence-electron chi connectivity index (χ2n) is 6.78. The van der Waals surface area contributed by atoms with Crippen LogP contribution in [0.25, 0.3) is 11.1 Å². The van der Waals surface area contributed by atoms with Gasteiger partial charge in [-0.2, -0.15) is 0 Å². The van der Waals surface area contributed by atoms with E-state index >= 15 is 0 Å². The van der Waals surface area contributed by atoms with Gasteiger partial charge in [0, 0.05) is 24.1 Å². The fourth-order valence-corrected chi connectivity index (χ4v) is 3.82. The summed E-state index contributed by atoms with van der Waals surface area (Å²) in [5, 5.41) is 0.242. The molecule has 2 aromatic carbocycles. The lowest BCUT2D eigenvalue weighted by atomic mass is 9.80. The monoisotopic (exact) mass is 402 g/mol. The van der Waals surface area contributed by atoms with E-state index < -0.39 is 29.3 Å². The largest absolute Gasteiger partial charge is 0.480 e. The molecule has 2 aliphatic heterocycles. The molecule has 0 saturated heterocycles. The number of halogens is 2. The number of guanidine groups is 1. The molecule has 144 valence electrons. The van der Waals surface area contributed by atoms with Crippen molar-refractivity contribution in [3.05, 3.63) is 52.8 Å². The third kappa shape index (κ3) is 2.68. The first-order valence-corrected chi connectivity index (χ1v) is 8.79. The first-order valence-electron chi connectivity index (χ1n) is 8.42. The van der Waals surface area contributed by atoms with Gasteiger partial charge >= 0.3 is 0 Å². The molecule has 2 unspecified atom stereocenters. The van der Waals surface area contributed by atoms with Crippen molar-refractivity contribution in [1.29, 1.82) is 0 Å². The Morgan fingerprint density at radius 3 is 2.68 bits per heavy atom. The molecule has 9 heteroatoms. The van der Waals surface area contributed by atoms with Crippen molar-refractivity contribution in [2.24, 2.45) is 16.5 Å². The van der Waals surface area contributed by atoms with Crippen molar-refractivity contribution in [2.45, 2.75) is 18.1 Å². The maximum absolute atomic E-state index is 13.8. The average molecular weight is 403 g/mol. The van der Waals surface area contributed by atoms with E-state index in [2.05, 4.69) is 4.99 Å². The van der Waals surface area contributed by atoms with E-state index in [0.717, 1.165) is 0 Å². The molecule has 28 heavy (non-hydrogen) atoms. The fraction of sp³-hybridized carbons (Fsp3) is 0.211. The molecule has 2 heterocycles. The van der Waals surface area contributed by atoms with Gasteiger partial charge in [-0.1, -0.05) is 17.7 Å². The summed E-state index contributed by atoms with van der Waals surface area (Å²) in [5.74, 6) is -1.27. The lowest BCUT2D eigenvalue weighted by Gasteiger charge is -2.35. The number of rotatable bonds is 2. The van der Waals surface area contributed by atoms with Crippen LogP contribution in [0.2, 0.25) is 5.02 Å². The smallest absolute Gasteiger partial charge is 0.261 e. The number of aliphatic imine (C=N–C) groups is 1. The highest BCUT2D eigenvalue weighted by Gasteiger charge is 2.54. The van der Waals surface area contributed by atoms with Crippen LogP contribution < -0.4 is 16.2 Å². The molecule has 0 aromatic heterocycles. The van der Waals surface area contributed by atoms with Crippen LogP contribution in [0.15, 0.2) is 41.4 Å². The van der Waals surface area contributed by atoms with Gasteiger partial charge < -0.3 is 16.2 Å². The number of primary amides is 1. The minimum Gasteiger partial charge on any atom is -0.480 e. The molecular weight excluding hydrogens is 387 g/mol. The van der Waals surface area contributed by atoms with Gasteiger partial charge in [0.15, 0.2) is 17.6 Å². The van der Waals surface area contributed by atoms with Crippen LogP contribution in [0.1, 0.15) is 12.0 Å². The summed E-state index contributed by atoms with van der Waals surface area (Å²) in [6, 6.07) is 9.08. The van der Waals surface area contributed by atoms with Crippen molar-refractivity contribution >= 4 is 29.4 Å². The summed E-state index contributed by atoms with van der Waals surface area (Å²) < 4.78 is 19.5. The molecule has 0 bridgehead atoms. The third-order valence-electron chi connectivity index (χ3n) is 5.00. The lowest BCUT2D eigenvalue weighted by molar-refractivity contribution is -0.134. The predicted octanol–water partition coefficient (Wildman–Crippen LogP) is 1.76. The van der Waals surface area contributed by atoms with Gasteiger partial charge in [-0.05, 0) is 41.5 Å². The van der Waals surface area contributed by atoms with Gasteiger partial charge in [-0.15, -0.1) is 0 Å². The van der Waals surface area contributed by atoms with Crippen LogP contribution >= 0.6 is 11.6 Å². The highest BCUT2D eigenvalue weighted by Crippen LogP contribution is 2.47. The Bertz CT molecular complexity index is 1040. The maximum atomic E-state index is 13.8. The Hall–Kier alpha value is -3.13. The summed E-state index contributed by atoms with van der Waals surface area (Å²) in [5.41, 5.74) is 11.4. The maximum Gasteiger partial charge on any atom is 0.261 e. The van der Waals surface area contributed by atoms with Crippen molar-refractivity contribution < 1.29 is 18.7 Å². The molecule has 0 saturated carbocycles. The number of hydrogen-bond acceptors (Lipinski definition) is 5. The van der Waals surface area contributed by atoms with Gasteiger partial charge in [-0.25, -0.2) is 9.38 Å². The number of fused-ring (bicyclic) bond motifs is 2. The normalized spacial score (nSPS) is 23.4. The molecular formula is C19H16ClFN4O3. The van der Waals surface area contributed by atoms with Gasteiger partial charge in [0.25, 0.3) is 11.8 Å². The van der Waals surface area contributed by atoms with E-state index in [4.69, 9.17) is 27.8 Å². The Kier molecular flexibility index (Phi) is 4.04. The first-order chi connectivity index (χ1) is 13.2. The molecule has 7 nitrogen and oxygen atoms in total. The molecule has 0 radical (unpaired) electrons. The van der Waals surface area contributed by atoms with Crippen molar-refractivity contribution in [3.8, 4) is 16.9 Å². The zero-order chi connectivity index (χ0) is 20.2. The molecule has 2 aliphatic rings. The molecule has 0 aliphatic carbocycles. The summed E-state index contributed by atoms with van der Waals surface area (Å²) >= 11 is 5.96. The zero-order valence-corrected chi connectivity index (χ0v) is 15.5. The van der Waals surface area contributed by atoms with Crippen LogP contribution in [0, 0.1) is 5.82 Å². The van der Waals surface area contributed by atoms with Gasteiger partial charge in [-0.3, -0.25) is 14.5 Å². The zero-order valence-electron chi connectivity index (χ0n) is 14.8. The summed E-state index contributed by atoms with van der Waals surface area (Å²) in [7, 11) is 1.50. The van der Waals surface area contributed by atoms with Gasteiger partial charge in [0.1, 0.15) is 11.6 Å². The van der Waals surface area contributed by atoms with Crippen LogP contribution in [0.4, 0.5) is 4.39 Å². The Balaban J connectivity index is 1.92. The minimum absolute atomic E-state index is 0.0280. The predicted molar refractivity (Wildman–Crippen MR) is 101 cm³/mol. The van der Waals surface area contributed by atoms with E-state index in [9.17, 15) is 14.0 Å². The number of carbonyl (C=O) groups excluding carboxylic acids is 2.